The van der Waals surface area contributed by atoms with Crippen LogP contribution in [0.2, 0.25) is 0 Å². The number of hydrogen-bond donors (Lipinski definition) is 7. The second kappa shape index (κ2) is 24.3. The molecular weight excluding hydrogens is 726 g/mol. The Balaban J connectivity index is 1.23. The van der Waals surface area contributed by atoms with Crippen LogP contribution in [0.15, 0.2) is 0 Å². The van der Waals surface area contributed by atoms with Gasteiger partial charge in [-0.3, -0.25) is 44.5 Å². The fourth-order valence-corrected chi connectivity index (χ4v) is 9.75. The summed E-state index contributed by atoms with van der Waals surface area (Å²) >= 11 is 1.92. The third-order valence-corrected chi connectivity index (χ3v) is 12.6. The molecule has 0 aromatic carbocycles. The molecule has 3 aliphatic heterocycles. The molecule has 18 nitrogen and oxygen atoms in total. The van der Waals surface area contributed by atoms with Crippen LogP contribution in [0.3, 0.4) is 0 Å². The summed E-state index contributed by atoms with van der Waals surface area (Å²) < 4.78 is 5.68. The van der Waals surface area contributed by atoms with Crippen molar-refractivity contribution in [3.63, 3.8) is 0 Å². The molecule has 4 rings (SSSR count). The van der Waals surface area contributed by atoms with E-state index < -0.39 is 11.9 Å². The first-order chi connectivity index (χ1) is 26.1. The molecular formula is C35H63N7O11S. The van der Waals surface area contributed by atoms with Crippen molar-refractivity contribution in [2.45, 2.75) is 87.2 Å². The standard InChI is InChI=1S/C35H63N7O11S/c43-31(24-51-17-3-1-2-4-30-34-29(25-54-30)37-35(48)38-34)36-27-7-5-26(6-8-27)20-28-21-41(22-32(44)45)12-11-39(15-18-52-49)9-10-40(16-19-53-50)13-14-42(28)23-33(46)47/h26-30,34,49-50H,1-25H2,(H,36,43)(H,44,45)(H,46,47)(H2,37,38,48). The molecule has 19 heteroatoms. The normalized spacial score (nSPS) is 28.1. The van der Waals surface area contributed by atoms with Crippen LogP contribution in [0.1, 0.15) is 57.8 Å². The summed E-state index contributed by atoms with van der Waals surface area (Å²) in [5.41, 5.74) is 0. The molecule has 0 aromatic heterocycles. The van der Waals surface area contributed by atoms with Gasteiger partial charge in [0.25, 0.3) is 0 Å². The highest BCUT2D eigenvalue weighted by Crippen LogP contribution is 2.33. The van der Waals surface area contributed by atoms with Crippen LogP contribution in [0.4, 0.5) is 4.79 Å². The lowest BCUT2D eigenvalue weighted by Crippen LogP contribution is -2.53. The maximum atomic E-state index is 12.7. The van der Waals surface area contributed by atoms with E-state index in [4.69, 9.17) is 15.3 Å². The van der Waals surface area contributed by atoms with Crippen molar-refractivity contribution in [2.24, 2.45) is 5.92 Å². The van der Waals surface area contributed by atoms with E-state index in [1.54, 1.807) is 0 Å². The topological polar surface area (TPSA) is 226 Å². The van der Waals surface area contributed by atoms with Gasteiger partial charge in [-0.05, 0) is 50.9 Å². The number of aliphatic carboxylic acids is 2. The average molecular weight is 790 g/mol. The van der Waals surface area contributed by atoms with Gasteiger partial charge in [0, 0.05) is 88.6 Å². The predicted octanol–water partition coefficient (Wildman–Crippen LogP) is 0.533. The monoisotopic (exact) mass is 789 g/mol. The van der Waals surface area contributed by atoms with Gasteiger partial charge in [-0.25, -0.2) is 14.6 Å². The van der Waals surface area contributed by atoms with Crippen LogP contribution in [-0.4, -0.2) is 198 Å². The molecule has 0 aromatic rings. The Kier molecular flexibility index (Phi) is 20.0. The quantitative estimate of drug-likeness (QED) is 0.0365. The van der Waals surface area contributed by atoms with Crippen LogP contribution < -0.4 is 16.0 Å². The average Bonchev–Trinajstić information content (AvgIpc) is 3.69. The van der Waals surface area contributed by atoms with E-state index in [0.717, 1.165) is 57.1 Å². The van der Waals surface area contributed by atoms with Gasteiger partial charge in [-0.15, -0.1) is 0 Å². The Morgan fingerprint density at radius 1 is 0.796 bits per heavy atom. The number of unbranched alkanes of at least 4 members (excludes halogenated alkanes) is 2. The number of carboxylic acid groups (broad SMARTS) is 2. The molecule has 310 valence electrons. The Bertz CT molecular complexity index is 1150. The number of thioether (sulfide) groups is 1. The number of urea groups is 1. The molecule has 1 saturated carbocycles. The van der Waals surface area contributed by atoms with Gasteiger partial charge in [-0.1, -0.05) is 12.8 Å². The molecule has 1 aliphatic carbocycles. The second-order valence-electron chi connectivity index (χ2n) is 15.0. The molecule has 4 atom stereocenters. The van der Waals surface area contributed by atoms with E-state index in [-0.39, 0.29) is 74.9 Å². The summed E-state index contributed by atoms with van der Waals surface area (Å²) in [5, 5.41) is 47.2. The van der Waals surface area contributed by atoms with Crippen molar-refractivity contribution in [1.82, 2.24) is 35.6 Å². The van der Waals surface area contributed by atoms with Gasteiger partial charge in [0.2, 0.25) is 5.91 Å². The number of nitrogens with one attached hydrogen (secondary N) is 3. The number of ether oxygens (including phenoxy) is 1. The summed E-state index contributed by atoms with van der Waals surface area (Å²) in [6, 6.07) is 0.227. The minimum absolute atomic E-state index is 0.0252. The Labute approximate surface area is 322 Å². The fourth-order valence-electron chi connectivity index (χ4n) is 8.20. The van der Waals surface area contributed by atoms with Gasteiger partial charge in [0.1, 0.15) is 6.61 Å². The molecule has 4 aliphatic rings. The molecule has 4 fully saturated rings. The van der Waals surface area contributed by atoms with Gasteiger partial charge in [0.15, 0.2) is 0 Å². The van der Waals surface area contributed by atoms with Gasteiger partial charge in [0.05, 0.1) is 38.4 Å². The van der Waals surface area contributed by atoms with Gasteiger partial charge in [-0.2, -0.15) is 11.8 Å². The van der Waals surface area contributed by atoms with Crippen LogP contribution in [-0.2, 0) is 28.9 Å². The van der Waals surface area contributed by atoms with E-state index in [9.17, 15) is 29.4 Å². The van der Waals surface area contributed by atoms with Crippen molar-refractivity contribution in [2.75, 3.05) is 104 Å². The molecule has 3 amide bonds. The van der Waals surface area contributed by atoms with Crippen molar-refractivity contribution in [1.29, 1.82) is 0 Å². The van der Waals surface area contributed by atoms with E-state index in [1.807, 2.05) is 21.6 Å². The third-order valence-electron chi connectivity index (χ3n) is 11.1. The van der Waals surface area contributed by atoms with E-state index in [1.165, 1.54) is 0 Å². The minimum atomic E-state index is -0.956. The highest BCUT2D eigenvalue weighted by Gasteiger charge is 2.42. The number of rotatable bonds is 21. The smallest absolute Gasteiger partial charge is 0.317 e. The number of hydrogen-bond acceptors (Lipinski definition) is 14. The Morgan fingerprint density at radius 3 is 2.09 bits per heavy atom. The highest BCUT2D eigenvalue weighted by atomic mass is 32.2. The van der Waals surface area contributed by atoms with E-state index >= 15 is 0 Å². The zero-order valence-corrected chi connectivity index (χ0v) is 32.3. The number of fused-ring (bicyclic) bond motifs is 1. The lowest BCUT2D eigenvalue weighted by molar-refractivity contribution is -0.245. The fraction of sp³-hybridized carbons (Fsp3) is 0.886. The van der Waals surface area contributed by atoms with Gasteiger partial charge >= 0.3 is 18.0 Å². The lowest BCUT2D eigenvalue weighted by atomic mass is 9.82. The molecule has 7 N–H and O–H groups in total. The molecule has 0 bridgehead atoms. The van der Waals surface area contributed by atoms with Crippen LogP contribution in [0.5, 0.6) is 0 Å². The van der Waals surface area contributed by atoms with E-state index in [0.29, 0.717) is 77.2 Å². The first-order valence-corrected chi connectivity index (χ1v) is 20.6. The largest absolute Gasteiger partial charge is 0.480 e. The van der Waals surface area contributed by atoms with Crippen molar-refractivity contribution in [3.05, 3.63) is 0 Å². The molecule has 0 spiro atoms. The molecule has 3 saturated heterocycles. The van der Waals surface area contributed by atoms with E-state index in [2.05, 4.69) is 35.5 Å². The molecule has 3 heterocycles. The summed E-state index contributed by atoms with van der Waals surface area (Å²) in [7, 11) is 0. The van der Waals surface area contributed by atoms with Crippen molar-refractivity contribution in [3.8, 4) is 0 Å². The first-order valence-electron chi connectivity index (χ1n) is 19.6. The Morgan fingerprint density at radius 2 is 1.44 bits per heavy atom. The zero-order valence-electron chi connectivity index (χ0n) is 31.5. The zero-order chi connectivity index (χ0) is 38.7. The molecule has 4 unspecified atom stereocenters. The molecule has 54 heavy (non-hydrogen) atoms. The lowest BCUT2D eigenvalue weighted by Gasteiger charge is -2.40. The maximum Gasteiger partial charge on any atom is 0.317 e. The number of nitrogens with zero attached hydrogens (tertiary/aromatic N) is 4. The van der Waals surface area contributed by atoms with Crippen molar-refractivity contribution < 1.29 is 54.4 Å². The molecule has 0 radical (unpaired) electrons. The number of amides is 3. The number of carboxylic acids is 2. The number of carbonyl (C=O) groups excluding carboxylic acids is 2. The minimum Gasteiger partial charge on any atom is -0.480 e. The third kappa shape index (κ3) is 16.0. The summed E-state index contributed by atoms with van der Waals surface area (Å²) in [6.45, 7) is 4.80. The highest BCUT2D eigenvalue weighted by molar-refractivity contribution is 8.00. The summed E-state index contributed by atoms with van der Waals surface area (Å²) in [6.07, 6.45) is 8.01. The SMILES string of the molecule is O=C(O)CN1CCN(CCOO)CCN(CCOO)CCN(CC(=O)O)C(CC2CCC(NC(=O)COCCCCCC3SCC4NC(=O)NC43)CC2)C1. The van der Waals surface area contributed by atoms with Crippen LogP contribution in [0.25, 0.3) is 0 Å². The maximum absolute atomic E-state index is 12.7. The first kappa shape index (κ1) is 44.4. The van der Waals surface area contributed by atoms with Crippen LogP contribution >= 0.6 is 11.8 Å². The summed E-state index contributed by atoms with van der Waals surface area (Å²) in [5.74, 6) is -0.794. The van der Waals surface area contributed by atoms with Gasteiger partial charge < -0.3 is 30.9 Å². The predicted molar refractivity (Wildman–Crippen MR) is 200 cm³/mol. The Hall–Kier alpha value is -2.33. The van der Waals surface area contributed by atoms with Crippen LogP contribution in [0, 0.1) is 5.92 Å². The van der Waals surface area contributed by atoms with Crippen molar-refractivity contribution >= 4 is 35.6 Å². The number of carbonyl (C=O) groups is 4. The second-order valence-corrected chi connectivity index (χ2v) is 16.3. The summed E-state index contributed by atoms with van der Waals surface area (Å²) in [4.78, 5) is 65.0.